The van der Waals surface area contributed by atoms with Gasteiger partial charge >= 0.3 is 5.97 Å². The summed E-state index contributed by atoms with van der Waals surface area (Å²) in [5.74, 6) is -0.769. The van der Waals surface area contributed by atoms with Crippen LogP contribution in [0.3, 0.4) is 0 Å². The highest BCUT2D eigenvalue weighted by Crippen LogP contribution is 2.47. The zero-order valence-electron chi connectivity index (χ0n) is 21.4. The molecule has 0 fully saturated rings. The highest BCUT2D eigenvalue weighted by atomic mass is 16.5. The second-order valence-electron chi connectivity index (χ2n) is 9.81. The predicted octanol–water partition coefficient (Wildman–Crippen LogP) is 5.77. The molecule has 38 heavy (non-hydrogen) atoms. The number of anilines is 2. The maximum absolute atomic E-state index is 14.0. The minimum atomic E-state index is -1.05. The minimum absolute atomic E-state index is 0.00675. The Balaban J connectivity index is 1.67. The summed E-state index contributed by atoms with van der Waals surface area (Å²) < 4.78 is 5.34. The summed E-state index contributed by atoms with van der Waals surface area (Å²) >= 11 is 0. The lowest BCUT2D eigenvalue weighted by atomic mass is 9.78. The fourth-order valence-electron chi connectivity index (χ4n) is 5.38. The number of carbonyl (C=O) groups excluding carboxylic acids is 2. The fraction of sp³-hybridized carbons (Fsp3) is 0.258. The minimum Gasteiger partial charge on any atom is -0.497 e. The molecular formula is C31H30N2O5. The summed E-state index contributed by atoms with van der Waals surface area (Å²) in [5, 5.41) is 12.8. The number of fused-ring (bicyclic) bond motifs is 1. The number of nitrogens with one attached hydrogen (secondary N) is 1. The molecule has 194 valence electrons. The molecular weight excluding hydrogens is 480 g/mol. The molecule has 3 aromatic rings. The van der Waals surface area contributed by atoms with E-state index < -0.39 is 12.0 Å². The number of para-hydroxylation sites is 2. The van der Waals surface area contributed by atoms with E-state index in [9.17, 15) is 19.5 Å². The van der Waals surface area contributed by atoms with Crippen LogP contribution in [-0.4, -0.2) is 29.9 Å². The number of carboxylic acids is 1. The number of ketones is 1. The number of allylic oxidation sites excluding steroid dienone is 1. The van der Waals surface area contributed by atoms with Crippen molar-refractivity contribution in [1.29, 1.82) is 0 Å². The van der Waals surface area contributed by atoms with Gasteiger partial charge in [-0.3, -0.25) is 19.3 Å². The third-order valence-corrected chi connectivity index (χ3v) is 7.29. The van der Waals surface area contributed by atoms with Crippen LogP contribution in [0, 0.1) is 6.92 Å². The molecule has 7 nitrogen and oxygen atoms in total. The number of carboxylic acid groups (broad SMARTS) is 1. The van der Waals surface area contributed by atoms with Crippen molar-refractivity contribution in [3.05, 3.63) is 101 Å². The van der Waals surface area contributed by atoms with Crippen LogP contribution in [0.4, 0.5) is 11.4 Å². The van der Waals surface area contributed by atoms with Gasteiger partial charge in [0.2, 0.25) is 5.91 Å². The molecule has 0 unspecified atom stereocenters. The Morgan fingerprint density at radius 2 is 1.63 bits per heavy atom. The quantitative estimate of drug-likeness (QED) is 0.437. The van der Waals surface area contributed by atoms with Crippen LogP contribution in [-0.2, 0) is 14.4 Å². The Hall–Kier alpha value is -4.39. The summed E-state index contributed by atoms with van der Waals surface area (Å²) in [6, 6.07) is 22.3. The first-order chi connectivity index (χ1) is 18.4. The Labute approximate surface area is 221 Å². The first kappa shape index (κ1) is 25.3. The van der Waals surface area contributed by atoms with Gasteiger partial charge in [-0.2, -0.15) is 0 Å². The molecule has 1 heterocycles. The van der Waals surface area contributed by atoms with Gasteiger partial charge in [-0.15, -0.1) is 0 Å². The number of methoxy groups -OCH3 is 1. The van der Waals surface area contributed by atoms with Crippen molar-refractivity contribution in [2.24, 2.45) is 0 Å². The van der Waals surface area contributed by atoms with E-state index in [0.717, 1.165) is 22.4 Å². The van der Waals surface area contributed by atoms with Gasteiger partial charge in [-0.05, 0) is 54.7 Å². The molecule has 7 heteroatoms. The summed E-state index contributed by atoms with van der Waals surface area (Å²) in [6.45, 7) is 2.04. The molecule has 5 rings (SSSR count). The average Bonchev–Trinajstić information content (AvgIpc) is 3.07. The number of benzene rings is 3. The Morgan fingerprint density at radius 3 is 2.32 bits per heavy atom. The van der Waals surface area contributed by atoms with Gasteiger partial charge in [0.1, 0.15) is 5.75 Å². The molecule has 0 spiro atoms. The van der Waals surface area contributed by atoms with E-state index in [1.165, 1.54) is 0 Å². The summed E-state index contributed by atoms with van der Waals surface area (Å²) in [5.41, 5.74) is 5.65. The summed E-state index contributed by atoms with van der Waals surface area (Å²) in [6.07, 6.45) is 0.459. The van der Waals surface area contributed by atoms with Crippen molar-refractivity contribution in [2.75, 3.05) is 17.3 Å². The number of aliphatic carboxylic acids is 1. The van der Waals surface area contributed by atoms with E-state index in [2.05, 4.69) is 29.6 Å². The smallest absolute Gasteiger partial charge is 0.303 e. The zero-order valence-corrected chi connectivity index (χ0v) is 21.4. The number of aryl methyl sites for hydroxylation is 1. The number of Topliss-reactive ketones (excluding diaryl/α,β-unsaturated/α-hetero) is 1. The van der Waals surface area contributed by atoms with Crippen molar-refractivity contribution in [2.45, 2.75) is 44.6 Å². The van der Waals surface area contributed by atoms with Gasteiger partial charge in [-0.25, -0.2) is 0 Å². The Bertz CT molecular complexity index is 1410. The zero-order chi connectivity index (χ0) is 26.8. The van der Waals surface area contributed by atoms with E-state index in [4.69, 9.17) is 4.74 Å². The van der Waals surface area contributed by atoms with E-state index in [1.54, 1.807) is 12.0 Å². The average molecular weight is 511 g/mol. The van der Waals surface area contributed by atoms with E-state index in [-0.39, 0.29) is 30.4 Å². The van der Waals surface area contributed by atoms with Crippen LogP contribution in [0.25, 0.3) is 0 Å². The van der Waals surface area contributed by atoms with Crippen LogP contribution in [0.15, 0.2) is 84.1 Å². The summed E-state index contributed by atoms with van der Waals surface area (Å²) in [4.78, 5) is 40.6. The van der Waals surface area contributed by atoms with Crippen LogP contribution in [0.1, 0.15) is 54.3 Å². The second kappa shape index (κ2) is 10.5. The van der Waals surface area contributed by atoms with Crippen molar-refractivity contribution >= 4 is 29.0 Å². The second-order valence-corrected chi connectivity index (χ2v) is 9.81. The molecule has 0 radical (unpaired) electrons. The predicted molar refractivity (Wildman–Crippen MR) is 145 cm³/mol. The third-order valence-electron chi connectivity index (χ3n) is 7.29. The molecule has 2 aliphatic rings. The van der Waals surface area contributed by atoms with Gasteiger partial charge in [0, 0.05) is 24.1 Å². The van der Waals surface area contributed by atoms with Crippen molar-refractivity contribution in [1.82, 2.24) is 0 Å². The van der Waals surface area contributed by atoms with Gasteiger partial charge in [0.25, 0.3) is 0 Å². The van der Waals surface area contributed by atoms with E-state index in [1.807, 2.05) is 55.5 Å². The molecule has 0 saturated carbocycles. The number of hydrogen-bond donors (Lipinski definition) is 2. The Morgan fingerprint density at radius 1 is 0.947 bits per heavy atom. The first-order valence-electron chi connectivity index (χ1n) is 12.7. The molecule has 3 aromatic carbocycles. The lowest BCUT2D eigenvalue weighted by Crippen LogP contribution is -2.38. The normalized spacial score (nSPS) is 18.7. The summed E-state index contributed by atoms with van der Waals surface area (Å²) in [7, 11) is 1.58. The highest BCUT2D eigenvalue weighted by Gasteiger charge is 2.41. The van der Waals surface area contributed by atoms with Gasteiger partial charge in [0.05, 0.1) is 30.9 Å². The van der Waals surface area contributed by atoms with Crippen LogP contribution in [0.5, 0.6) is 5.75 Å². The molecule has 0 saturated heterocycles. The fourth-order valence-corrected chi connectivity index (χ4v) is 5.38. The lowest BCUT2D eigenvalue weighted by molar-refractivity contribution is -0.138. The number of ether oxygens (including phenoxy) is 1. The van der Waals surface area contributed by atoms with Crippen LogP contribution < -0.4 is 15.0 Å². The molecule has 1 amide bonds. The van der Waals surface area contributed by atoms with Crippen molar-refractivity contribution in [3.63, 3.8) is 0 Å². The van der Waals surface area contributed by atoms with Crippen LogP contribution >= 0.6 is 0 Å². The number of nitrogens with zero attached hydrogens (tertiary/aromatic N) is 1. The van der Waals surface area contributed by atoms with E-state index in [0.29, 0.717) is 35.5 Å². The molecule has 1 aliphatic heterocycles. The molecule has 0 aromatic heterocycles. The van der Waals surface area contributed by atoms with Crippen molar-refractivity contribution < 1.29 is 24.2 Å². The van der Waals surface area contributed by atoms with Gasteiger partial charge in [-0.1, -0.05) is 54.1 Å². The largest absolute Gasteiger partial charge is 0.497 e. The third kappa shape index (κ3) is 4.92. The maximum atomic E-state index is 14.0. The van der Waals surface area contributed by atoms with Crippen molar-refractivity contribution in [3.8, 4) is 5.75 Å². The van der Waals surface area contributed by atoms with Crippen LogP contribution in [0.2, 0.25) is 0 Å². The molecule has 0 bridgehead atoms. The van der Waals surface area contributed by atoms with Gasteiger partial charge < -0.3 is 15.2 Å². The molecule has 2 atom stereocenters. The first-order valence-corrected chi connectivity index (χ1v) is 12.7. The number of carbonyl (C=O) groups is 3. The monoisotopic (exact) mass is 510 g/mol. The maximum Gasteiger partial charge on any atom is 0.303 e. The van der Waals surface area contributed by atoms with Gasteiger partial charge in [0.15, 0.2) is 5.78 Å². The highest BCUT2D eigenvalue weighted by molar-refractivity contribution is 6.06. The lowest BCUT2D eigenvalue weighted by Gasteiger charge is -2.35. The van der Waals surface area contributed by atoms with E-state index >= 15 is 0 Å². The SMILES string of the molecule is COc1ccc([C@H]2C3=C(C[C@H](c4ccc(C)cc4)CC3=O)Nc3ccccc3N2C(=O)CCC(=O)O)cc1. The number of hydrogen-bond acceptors (Lipinski definition) is 5. The molecule has 1 aliphatic carbocycles. The number of amides is 1. The number of rotatable bonds is 6. The standard InChI is InChI=1S/C31H30N2O5/c1-19-7-9-20(10-8-19)22-17-25-30(27(34)18-22)31(21-11-13-23(38-2)14-12-21)33(28(35)15-16-29(36)37)26-6-4-3-5-24(26)32-25/h3-14,22,31-32H,15-18H2,1-2H3,(H,36,37)/t22-,31-/m0/s1. The molecule has 2 N–H and O–H groups in total. The topological polar surface area (TPSA) is 95.9 Å². The Kier molecular flexibility index (Phi) is 7.01.